The molecular weight excluding hydrogens is 252 g/mol. The fourth-order valence-electron chi connectivity index (χ4n) is 1.80. The Morgan fingerprint density at radius 1 is 1.30 bits per heavy atom. The number of nitrogens with zero attached hydrogens (tertiary/aromatic N) is 2. The van der Waals surface area contributed by atoms with Crippen LogP contribution in [-0.2, 0) is 4.79 Å². The lowest BCUT2D eigenvalue weighted by molar-refractivity contribution is -0.132. The minimum atomic E-state index is -1.21. The lowest BCUT2D eigenvalue weighted by Gasteiger charge is -2.20. The summed E-state index contributed by atoms with van der Waals surface area (Å²) in [5, 5.41) is 17.3. The molecule has 0 aliphatic rings. The second-order valence-electron chi connectivity index (χ2n) is 4.12. The maximum Gasteiger partial charge on any atom is 0.346 e. The minimum Gasteiger partial charge on any atom is -0.477 e. The first kappa shape index (κ1) is 15.5. The maximum absolute atomic E-state index is 10.6. The Morgan fingerprint density at radius 2 is 1.90 bits per heavy atom. The van der Waals surface area contributed by atoms with Gasteiger partial charge in [0.1, 0.15) is 11.6 Å². The highest BCUT2D eigenvalue weighted by Gasteiger charge is 2.03. The molecule has 1 aromatic carbocycles. The van der Waals surface area contributed by atoms with Gasteiger partial charge in [-0.2, -0.15) is 5.26 Å². The molecule has 0 atom stereocenters. The summed E-state index contributed by atoms with van der Waals surface area (Å²) >= 11 is 0. The van der Waals surface area contributed by atoms with Gasteiger partial charge in [-0.1, -0.05) is 24.3 Å². The third-order valence-electron chi connectivity index (χ3n) is 2.92. The highest BCUT2D eigenvalue weighted by atomic mass is 16.4. The molecule has 104 valence electrons. The van der Waals surface area contributed by atoms with E-state index in [0.29, 0.717) is 0 Å². The average Bonchev–Trinajstić information content (AvgIpc) is 2.46. The summed E-state index contributed by atoms with van der Waals surface area (Å²) < 4.78 is 0. The van der Waals surface area contributed by atoms with Crippen LogP contribution in [-0.4, -0.2) is 24.2 Å². The third-order valence-corrected chi connectivity index (χ3v) is 2.92. The molecule has 0 aromatic heterocycles. The molecule has 0 fully saturated rings. The summed E-state index contributed by atoms with van der Waals surface area (Å²) in [6.07, 6.45) is 4.63. The SMILES string of the molecule is CCN(CC)c1ccc(C=CC=C(C#N)C(=O)O)cc1. The van der Waals surface area contributed by atoms with Crippen molar-refractivity contribution in [2.24, 2.45) is 0 Å². The number of aliphatic carboxylic acids is 1. The number of carboxylic acids is 1. The predicted molar refractivity (Wildman–Crippen MR) is 80.4 cm³/mol. The lowest BCUT2D eigenvalue weighted by atomic mass is 10.1. The Kier molecular flexibility index (Phi) is 6.05. The van der Waals surface area contributed by atoms with E-state index in [-0.39, 0.29) is 5.57 Å². The maximum atomic E-state index is 10.6. The van der Waals surface area contributed by atoms with Crippen molar-refractivity contribution >= 4 is 17.7 Å². The van der Waals surface area contributed by atoms with Crippen LogP contribution >= 0.6 is 0 Å². The van der Waals surface area contributed by atoms with E-state index in [2.05, 4.69) is 18.7 Å². The van der Waals surface area contributed by atoms with Crippen molar-refractivity contribution in [1.29, 1.82) is 5.26 Å². The van der Waals surface area contributed by atoms with Crippen molar-refractivity contribution in [1.82, 2.24) is 0 Å². The summed E-state index contributed by atoms with van der Waals surface area (Å²) in [6, 6.07) is 9.61. The van der Waals surface area contributed by atoms with Crippen LogP contribution in [0.4, 0.5) is 5.69 Å². The van der Waals surface area contributed by atoms with Crippen molar-refractivity contribution in [3.05, 3.63) is 47.6 Å². The number of carbonyl (C=O) groups is 1. The van der Waals surface area contributed by atoms with Crippen molar-refractivity contribution in [2.75, 3.05) is 18.0 Å². The molecule has 20 heavy (non-hydrogen) atoms. The summed E-state index contributed by atoms with van der Waals surface area (Å²) in [7, 11) is 0. The quantitative estimate of drug-likeness (QED) is 0.490. The molecule has 1 rings (SSSR count). The smallest absolute Gasteiger partial charge is 0.346 e. The number of hydrogen-bond acceptors (Lipinski definition) is 3. The molecule has 0 saturated heterocycles. The highest BCUT2D eigenvalue weighted by molar-refractivity contribution is 5.91. The second-order valence-corrected chi connectivity index (χ2v) is 4.12. The number of carboxylic acid groups (broad SMARTS) is 1. The van der Waals surface area contributed by atoms with E-state index >= 15 is 0 Å². The molecule has 4 nitrogen and oxygen atoms in total. The van der Waals surface area contributed by atoms with Gasteiger partial charge in [-0.3, -0.25) is 0 Å². The van der Waals surface area contributed by atoms with Crippen molar-refractivity contribution in [3.63, 3.8) is 0 Å². The summed E-state index contributed by atoms with van der Waals surface area (Å²) in [5.74, 6) is -1.21. The zero-order valence-corrected chi connectivity index (χ0v) is 11.7. The Hall–Kier alpha value is -2.54. The van der Waals surface area contributed by atoms with Gasteiger partial charge in [0, 0.05) is 18.8 Å². The van der Waals surface area contributed by atoms with Crippen LogP contribution in [0.1, 0.15) is 19.4 Å². The van der Waals surface area contributed by atoms with E-state index in [1.54, 1.807) is 18.2 Å². The molecule has 0 radical (unpaired) electrons. The minimum absolute atomic E-state index is 0.277. The van der Waals surface area contributed by atoms with Crippen molar-refractivity contribution in [2.45, 2.75) is 13.8 Å². The molecule has 4 heteroatoms. The zero-order valence-electron chi connectivity index (χ0n) is 11.7. The van der Waals surface area contributed by atoms with Gasteiger partial charge in [-0.05, 0) is 37.6 Å². The van der Waals surface area contributed by atoms with E-state index in [1.165, 1.54) is 6.08 Å². The Balaban J connectivity index is 2.80. The van der Waals surface area contributed by atoms with Crippen LogP contribution in [0.5, 0.6) is 0 Å². The van der Waals surface area contributed by atoms with Gasteiger partial charge >= 0.3 is 5.97 Å². The first-order chi connectivity index (χ1) is 9.62. The number of anilines is 1. The first-order valence-electron chi connectivity index (χ1n) is 6.49. The van der Waals surface area contributed by atoms with E-state index in [0.717, 1.165) is 24.3 Å². The van der Waals surface area contributed by atoms with Crippen LogP contribution < -0.4 is 4.90 Å². The van der Waals surface area contributed by atoms with Gasteiger partial charge in [0.25, 0.3) is 0 Å². The molecule has 0 bridgehead atoms. The molecule has 0 amide bonds. The molecule has 1 aromatic rings. The van der Waals surface area contributed by atoms with Gasteiger partial charge in [0.2, 0.25) is 0 Å². The average molecular weight is 270 g/mol. The van der Waals surface area contributed by atoms with E-state index in [1.807, 2.05) is 24.3 Å². The topological polar surface area (TPSA) is 64.3 Å². The van der Waals surface area contributed by atoms with Gasteiger partial charge in [0.15, 0.2) is 0 Å². The molecule has 0 aliphatic heterocycles. The number of benzene rings is 1. The van der Waals surface area contributed by atoms with Crippen LogP contribution in [0.15, 0.2) is 42.0 Å². The molecule has 0 aliphatic carbocycles. The molecular formula is C16H18N2O2. The fraction of sp³-hybridized carbons (Fsp3) is 0.250. The number of nitriles is 1. The fourth-order valence-corrected chi connectivity index (χ4v) is 1.80. The van der Waals surface area contributed by atoms with Crippen LogP contribution in [0.25, 0.3) is 6.08 Å². The Labute approximate surface area is 119 Å². The normalized spacial score (nSPS) is 11.3. The Bertz CT molecular complexity index is 547. The number of allylic oxidation sites excluding steroid dienone is 2. The van der Waals surface area contributed by atoms with E-state index in [4.69, 9.17) is 10.4 Å². The van der Waals surface area contributed by atoms with Gasteiger partial charge in [-0.25, -0.2) is 4.79 Å². The molecule has 0 saturated carbocycles. The molecule has 1 N–H and O–H groups in total. The largest absolute Gasteiger partial charge is 0.477 e. The monoisotopic (exact) mass is 270 g/mol. The molecule has 0 heterocycles. The first-order valence-corrected chi connectivity index (χ1v) is 6.49. The standard InChI is InChI=1S/C16H18N2O2/c1-3-18(4-2)15-10-8-13(9-11-15)6-5-7-14(12-17)16(19)20/h5-11H,3-4H2,1-2H3,(H,19,20). The van der Waals surface area contributed by atoms with Crippen LogP contribution in [0, 0.1) is 11.3 Å². The van der Waals surface area contributed by atoms with Crippen LogP contribution in [0.2, 0.25) is 0 Å². The summed E-state index contributed by atoms with van der Waals surface area (Å²) in [6.45, 7) is 6.13. The van der Waals surface area contributed by atoms with Crippen molar-refractivity contribution in [3.8, 4) is 6.07 Å². The summed E-state index contributed by atoms with van der Waals surface area (Å²) in [5.41, 5.74) is 1.84. The van der Waals surface area contributed by atoms with Gasteiger partial charge in [-0.15, -0.1) is 0 Å². The number of rotatable bonds is 6. The molecule has 0 spiro atoms. The van der Waals surface area contributed by atoms with Gasteiger partial charge in [0.05, 0.1) is 0 Å². The third kappa shape index (κ3) is 4.29. The second kappa shape index (κ2) is 7.80. The van der Waals surface area contributed by atoms with E-state index in [9.17, 15) is 4.79 Å². The lowest BCUT2D eigenvalue weighted by Crippen LogP contribution is -2.21. The van der Waals surface area contributed by atoms with Gasteiger partial charge < -0.3 is 10.0 Å². The predicted octanol–water partition coefficient (Wildman–Crippen LogP) is 3.08. The zero-order chi connectivity index (χ0) is 15.0. The number of hydrogen-bond donors (Lipinski definition) is 1. The highest BCUT2D eigenvalue weighted by Crippen LogP contribution is 2.15. The van der Waals surface area contributed by atoms with Crippen molar-refractivity contribution < 1.29 is 9.90 Å². The molecule has 0 unspecified atom stereocenters. The van der Waals surface area contributed by atoms with E-state index < -0.39 is 5.97 Å². The Morgan fingerprint density at radius 3 is 2.35 bits per heavy atom. The summed E-state index contributed by atoms with van der Waals surface area (Å²) in [4.78, 5) is 12.9. The van der Waals surface area contributed by atoms with Crippen LogP contribution in [0.3, 0.4) is 0 Å².